The summed E-state index contributed by atoms with van der Waals surface area (Å²) in [6, 6.07) is 0. The number of carbonyl (C=O) groups excluding carboxylic acids is 1. The van der Waals surface area contributed by atoms with Crippen LogP contribution in [0.1, 0.15) is 47.0 Å². The van der Waals surface area contributed by atoms with Gasteiger partial charge in [-0.05, 0) is 30.6 Å². The van der Waals surface area contributed by atoms with Gasteiger partial charge in [0.25, 0.3) is 0 Å². The van der Waals surface area contributed by atoms with Gasteiger partial charge in [-0.1, -0.05) is 46.6 Å². The predicted octanol–water partition coefficient (Wildman–Crippen LogP) is 4.32. The van der Waals surface area contributed by atoms with Crippen LogP contribution in [0.3, 0.4) is 0 Å². The van der Waals surface area contributed by atoms with Crippen molar-refractivity contribution in [2.24, 2.45) is 0 Å². The minimum absolute atomic E-state index is 0.0982. The topological polar surface area (TPSA) is 26.3 Å². The molecule has 0 unspecified atom stereocenters. The Morgan fingerprint density at radius 1 is 1.29 bits per heavy atom. The molecular formula is C14H28O2Si. The highest BCUT2D eigenvalue weighted by Crippen LogP contribution is 2.37. The molecule has 2 nitrogen and oxygen atoms in total. The summed E-state index contributed by atoms with van der Waals surface area (Å²) in [7, 11) is -1.74. The molecule has 0 spiro atoms. The molecule has 1 atom stereocenters. The highest BCUT2D eigenvalue weighted by Gasteiger charge is 2.38. The SMILES string of the molecule is CCCC[C@@H](/C=C/C=O)O[Si](C)(C)C(C)(C)C. The Labute approximate surface area is 108 Å². The number of unbranched alkanes of at least 4 members (excludes halogenated alkanes) is 1. The number of carbonyl (C=O) groups is 1. The lowest BCUT2D eigenvalue weighted by molar-refractivity contribution is -0.104. The summed E-state index contributed by atoms with van der Waals surface area (Å²) in [5.74, 6) is 0. The molecule has 17 heavy (non-hydrogen) atoms. The molecule has 0 aliphatic heterocycles. The van der Waals surface area contributed by atoms with E-state index < -0.39 is 8.32 Å². The van der Waals surface area contributed by atoms with Crippen molar-refractivity contribution in [3.63, 3.8) is 0 Å². The number of allylic oxidation sites excluding steroid dienone is 1. The van der Waals surface area contributed by atoms with Crippen molar-refractivity contribution in [2.45, 2.75) is 71.2 Å². The van der Waals surface area contributed by atoms with E-state index in [1.165, 1.54) is 0 Å². The monoisotopic (exact) mass is 256 g/mol. The van der Waals surface area contributed by atoms with Gasteiger partial charge in [-0.2, -0.15) is 0 Å². The van der Waals surface area contributed by atoms with Crippen molar-refractivity contribution in [2.75, 3.05) is 0 Å². The van der Waals surface area contributed by atoms with Crippen molar-refractivity contribution in [3.8, 4) is 0 Å². The van der Waals surface area contributed by atoms with E-state index in [9.17, 15) is 4.79 Å². The zero-order valence-electron chi connectivity index (χ0n) is 12.2. The first-order valence-electron chi connectivity index (χ1n) is 6.54. The van der Waals surface area contributed by atoms with Crippen LogP contribution in [0.25, 0.3) is 0 Å². The Kier molecular flexibility index (Phi) is 6.94. The van der Waals surface area contributed by atoms with E-state index in [0.29, 0.717) is 0 Å². The van der Waals surface area contributed by atoms with E-state index in [1.807, 2.05) is 6.08 Å². The second-order valence-electron chi connectivity index (χ2n) is 6.08. The van der Waals surface area contributed by atoms with Gasteiger partial charge in [-0.25, -0.2) is 0 Å². The van der Waals surface area contributed by atoms with E-state index in [-0.39, 0.29) is 11.1 Å². The van der Waals surface area contributed by atoms with E-state index in [1.54, 1.807) is 6.08 Å². The van der Waals surface area contributed by atoms with Gasteiger partial charge in [-0.15, -0.1) is 0 Å². The Bertz CT molecular complexity index is 251. The second-order valence-corrected chi connectivity index (χ2v) is 10.8. The summed E-state index contributed by atoms with van der Waals surface area (Å²) in [4.78, 5) is 10.4. The molecule has 0 fully saturated rings. The zero-order valence-corrected chi connectivity index (χ0v) is 13.2. The summed E-state index contributed by atoms with van der Waals surface area (Å²) in [6.45, 7) is 13.4. The fourth-order valence-corrected chi connectivity index (χ4v) is 2.63. The molecule has 0 radical (unpaired) electrons. The molecule has 0 aliphatic carbocycles. The molecule has 0 aliphatic rings. The summed E-state index contributed by atoms with van der Waals surface area (Å²) in [6.07, 6.45) is 7.70. The fourth-order valence-electron chi connectivity index (χ4n) is 1.32. The predicted molar refractivity (Wildman–Crippen MR) is 76.8 cm³/mol. The largest absolute Gasteiger partial charge is 0.411 e. The maximum Gasteiger partial charge on any atom is 0.192 e. The number of hydrogen-bond donors (Lipinski definition) is 0. The van der Waals surface area contributed by atoms with Crippen LogP contribution < -0.4 is 0 Å². The summed E-state index contributed by atoms with van der Waals surface area (Å²) in [5.41, 5.74) is 0. The molecule has 0 N–H and O–H groups in total. The summed E-state index contributed by atoms with van der Waals surface area (Å²) >= 11 is 0. The molecule has 3 heteroatoms. The van der Waals surface area contributed by atoms with Crippen LogP contribution in [0, 0.1) is 0 Å². The average Bonchev–Trinajstić information content (AvgIpc) is 2.20. The third kappa shape index (κ3) is 6.17. The minimum Gasteiger partial charge on any atom is -0.411 e. The second kappa shape index (κ2) is 7.12. The summed E-state index contributed by atoms with van der Waals surface area (Å²) in [5, 5.41) is 0.215. The zero-order chi connectivity index (χ0) is 13.5. The Balaban J connectivity index is 4.61. The molecule has 0 aromatic heterocycles. The lowest BCUT2D eigenvalue weighted by atomic mass is 10.1. The van der Waals surface area contributed by atoms with Crippen LogP contribution in [0.4, 0.5) is 0 Å². The lowest BCUT2D eigenvalue weighted by Gasteiger charge is -2.38. The molecule has 0 saturated carbocycles. The van der Waals surface area contributed by atoms with Gasteiger partial charge in [-0.3, -0.25) is 4.79 Å². The van der Waals surface area contributed by atoms with Crippen molar-refractivity contribution >= 4 is 14.6 Å². The highest BCUT2D eigenvalue weighted by molar-refractivity contribution is 6.74. The quantitative estimate of drug-likeness (QED) is 0.385. The summed E-state index contributed by atoms with van der Waals surface area (Å²) < 4.78 is 6.30. The van der Waals surface area contributed by atoms with E-state index in [0.717, 1.165) is 25.5 Å². The van der Waals surface area contributed by atoms with Gasteiger partial charge in [0.15, 0.2) is 8.32 Å². The first-order chi connectivity index (χ1) is 7.74. The first kappa shape index (κ1) is 16.6. The minimum atomic E-state index is -1.74. The maximum atomic E-state index is 10.4. The molecule has 0 rings (SSSR count). The standard InChI is InChI=1S/C14H28O2Si/c1-7-8-10-13(11-9-12-15)16-17(5,6)14(2,3)4/h9,11-13H,7-8,10H2,1-6H3/b11-9+/t13-/m0/s1. The van der Waals surface area contributed by atoms with Gasteiger partial charge in [0.05, 0.1) is 6.10 Å². The van der Waals surface area contributed by atoms with E-state index >= 15 is 0 Å². The highest BCUT2D eigenvalue weighted by atomic mass is 28.4. The Morgan fingerprint density at radius 2 is 1.88 bits per heavy atom. The van der Waals surface area contributed by atoms with Crippen LogP contribution >= 0.6 is 0 Å². The van der Waals surface area contributed by atoms with Crippen LogP contribution in [-0.4, -0.2) is 20.7 Å². The number of rotatable bonds is 7. The molecule has 0 aromatic carbocycles. The Morgan fingerprint density at radius 3 is 2.29 bits per heavy atom. The molecule has 0 heterocycles. The molecule has 0 saturated heterocycles. The molecule has 0 amide bonds. The third-order valence-electron chi connectivity index (χ3n) is 3.50. The average molecular weight is 256 g/mol. The third-order valence-corrected chi connectivity index (χ3v) is 8.00. The van der Waals surface area contributed by atoms with E-state index in [4.69, 9.17) is 4.43 Å². The molecular weight excluding hydrogens is 228 g/mol. The molecule has 0 aromatic rings. The van der Waals surface area contributed by atoms with Crippen LogP contribution in [0.2, 0.25) is 18.1 Å². The Hall–Kier alpha value is -0.413. The molecule has 0 bridgehead atoms. The van der Waals surface area contributed by atoms with Crippen molar-refractivity contribution < 1.29 is 9.22 Å². The maximum absolute atomic E-state index is 10.4. The van der Waals surface area contributed by atoms with Gasteiger partial charge in [0.1, 0.15) is 6.29 Å². The van der Waals surface area contributed by atoms with Gasteiger partial charge >= 0.3 is 0 Å². The van der Waals surface area contributed by atoms with Gasteiger partial charge in [0.2, 0.25) is 0 Å². The fraction of sp³-hybridized carbons (Fsp3) is 0.786. The normalized spacial score (nSPS) is 15.2. The van der Waals surface area contributed by atoms with Crippen LogP contribution in [0.5, 0.6) is 0 Å². The molecule has 100 valence electrons. The lowest BCUT2D eigenvalue weighted by Crippen LogP contribution is -2.43. The van der Waals surface area contributed by atoms with Gasteiger partial charge in [0, 0.05) is 0 Å². The van der Waals surface area contributed by atoms with Crippen LogP contribution in [0.15, 0.2) is 12.2 Å². The number of hydrogen-bond acceptors (Lipinski definition) is 2. The van der Waals surface area contributed by atoms with E-state index in [2.05, 4.69) is 40.8 Å². The van der Waals surface area contributed by atoms with Crippen molar-refractivity contribution in [3.05, 3.63) is 12.2 Å². The van der Waals surface area contributed by atoms with Crippen LogP contribution in [-0.2, 0) is 9.22 Å². The first-order valence-corrected chi connectivity index (χ1v) is 9.45. The van der Waals surface area contributed by atoms with Crippen molar-refractivity contribution in [1.82, 2.24) is 0 Å². The van der Waals surface area contributed by atoms with Crippen molar-refractivity contribution in [1.29, 1.82) is 0 Å². The smallest absolute Gasteiger partial charge is 0.192 e. The van der Waals surface area contributed by atoms with Gasteiger partial charge < -0.3 is 4.43 Å². The number of aldehydes is 1.